The highest BCUT2D eigenvalue weighted by Crippen LogP contribution is 2.12. The number of hydrogen-bond acceptors (Lipinski definition) is 4. The third-order valence-corrected chi connectivity index (χ3v) is 2.08. The van der Waals surface area contributed by atoms with Gasteiger partial charge in [0.15, 0.2) is 5.11 Å². The summed E-state index contributed by atoms with van der Waals surface area (Å²) in [6.07, 6.45) is 0. The van der Waals surface area contributed by atoms with Crippen molar-refractivity contribution in [2.45, 2.75) is 20.4 Å². The molecule has 3 N–H and O–H groups in total. The lowest BCUT2D eigenvalue weighted by atomic mass is 10.2. The van der Waals surface area contributed by atoms with Gasteiger partial charge in [0.2, 0.25) is 0 Å². The molecule has 5 nitrogen and oxygen atoms in total. The van der Waals surface area contributed by atoms with Crippen LogP contribution in [0.5, 0.6) is 5.75 Å². The van der Waals surface area contributed by atoms with Crippen LogP contribution in [-0.2, 0) is 6.54 Å². The van der Waals surface area contributed by atoms with Gasteiger partial charge >= 0.3 is 0 Å². The predicted molar refractivity (Wildman–Crippen MR) is 71.8 cm³/mol. The zero-order valence-electron chi connectivity index (χ0n) is 10.3. The number of nitrogens with one attached hydrogen (secondary N) is 1. The number of rotatable bonds is 4. The van der Waals surface area contributed by atoms with E-state index in [1.807, 2.05) is 38.1 Å². The van der Waals surface area contributed by atoms with Crippen molar-refractivity contribution < 1.29 is 4.74 Å². The lowest BCUT2D eigenvalue weighted by molar-refractivity contribution is 0.398. The first-order valence-electron chi connectivity index (χ1n) is 5.24. The highest BCUT2D eigenvalue weighted by atomic mass is 32.1. The summed E-state index contributed by atoms with van der Waals surface area (Å²) in [7, 11) is 1.61. The van der Waals surface area contributed by atoms with Gasteiger partial charge in [0.05, 0.1) is 13.7 Å². The summed E-state index contributed by atoms with van der Waals surface area (Å²) in [5, 5.41) is 4.53. The van der Waals surface area contributed by atoms with Crippen LogP contribution in [0.4, 0.5) is 0 Å². The Morgan fingerprint density at radius 1 is 1.41 bits per heavy atom. The molecule has 0 aliphatic rings. The van der Waals surface area contributed by atoms with Crippen molar-refractivity contribution in [1.29, 1.82) is 5.53 Å². The molecule has 0 atom stereocenters. The zero-order chi connectivity index (χ0) is 13.3. The lowest BCUT2D eigenvalue weighted by Crippen LogP contribution is -2.29. The van der Waals surface area contributed by atoms with Crippen LogP contribution in [-0.4, -0.2) is 17.2 Å². The van der Waals surface area contributed by atoms with Crippen LogP contribution in [0, 0.1) is 5.53 Å². The van der Waals surface area contributed by atoms with Gasteiger partial charge < -0.3 is 10.5 Å². The predicted octanol–water partition coefficient (Wildman–Crippen LogP) is 2.71. The van der Waals surface area contributed by atoms with Crippen LogP contribution < -0.4 is 10.5 Å². The minimum Gasteiger partial charge on any atom is -0.497 e. The molecule has 17 heavy (non-hydrogen) atoms. The first kappa shape index (κ1) is 15.3. The Labute approximate surface area is 107 Å². The molecule has 0 amide bonds. The van der Waals surface area contributed by atoms with E-state index in [-0.39, 0.29) is 5.11 Å². The van der Waals surface area contributed by atoms with Crippen LogP contribution in [0.25, 0.3) is 0 Å². The molecule has 0 saturated carbocycles. The third kappa shape index (κ3) is 5.26. The number of nitrogens with two attached hydrogens (primary N) is 1. The number of hydrogen-bond donors (Lipinski definition) is 2. The molecule has 0 aliphatic carbocycles. The smallest absolute Gasteiger partial charge is 0.188 e. The third-order valence-electron chi connectivity index (χ3n) is 1.87. The Morgan fingerprint density at radius 3 is 2.29 bits per heavy atom. The molecule has 0 aromatic heterocycles. The summed E-state index contributed by atoms with van der Waals surface area (Å²) in [6.45, 7) is 4.39. The molecule has 0 bridgehead atoms. The molecule has 0 fully saturated rings. The summed E-state index contributed by atoms with van der Waals surface area (Å²) in [5.41, 5.74) is 13.2. The van der Waals surface area contributed by atoms with Crippen LogP contribution in [0.3, 0.4) is 0 Å². The average Bonchev–Trinajstić information content (AvgIpc) is 2.38. The quantitative estimate of drug-likeness (QED) is 0.492. The van der Waals surface area contributed by atoms with Gasteiger partial charge in [-0.15, -0.1) is 0 Å². The van der Waals surface area contributed by atoms with Crippen molar-refractivity contribution >= 4 is 17.3 Å². The van der Waals surface area contributed by atoms with Crippen molar-refractivity contribution in [1.82, 2.24) is 5.01 Å². The van der Waals surface area contributed by atoms with Crippen LogP contribution in [0.1, 0.15) is 19.4 Å². The Morgan fingerprint density at radius 2 is 1.94 bits per heavy atom. The van der Waals surface area contributed by atoms with Gasteiger partial charge in [0.1, 0.15) is 5.75 Å². The minimum atomic E-state index is 0.0841. The van der Waals surface area contributed by atoms with Crippen LogP contribution in [0.2, 0.25) is 0 Å². The fourth-order valence-corrected chi connectivity index (χ4v) is 1.17. The molecule has 0 heterocycles. The number of benzene rings is 1. The molecule has 94 valence electrons. The summed E-state index contributed by atoms with van der Waals surface area (Å²) in [6, 6.07) is 7.40. The first-order valence-corrected chi connectivity index (χ1v) is 5.65. The summed E-state index contributed by atoms with van der Waals surface area (Å²) >= 11 is 4.73. The van der Waals surface area contributed by atoms with Crippen LogP contribution in [0.15, 0.2) is 29.5 Å². The Hall–Kier alpha value is -1.69. The molecule has 0 aliphatic heterocycles. The maximum Gasteiger partial charge on any atom is 0.188 e. The summed E-state index contributed by atoms with van der Waals surface area (Å²) < 4.78 is 5.02. The highest BCUT2D eigenvalue weighted by Gasteiger charge is 2.05. The van der Waals surface area contributed by atoms with Gasteiger partial charge in [-0.25, -0.2) is 5.01 Å². The Bertz CT molecular complexity index is 353. The van der Waals surface area contributed by atoms with E-state index in [1.165, 1.54) is 5.01 Å². The summed E-state index contributed by atoms with van der Waals surface area (Å²) in [4.78, 5) is 0. The van der Waals surface area contributed by atoms with Crippen molar-refractivity contribution in [2.75, 3.05) is 7.11 Å². The molecular formula is C11H18N4OS. The SMILES string of the molecule is CC.COc1ccc(CN(N=N)C(N)=S)cc1. The van der Waals surface area contributed by atoms with E-state index in [0.717, 1.165) is 11.3 Å². The second-order valence-electron chi connectivity index (χ2n) is 2.84. The molecule has 1 rings (SSSR count). The number of methoxy groups -OCH3 is 1. The van der Waals surface area contributed by atoms with E-state index < -0.39 is 0 Å². The highest BCUT2D eigenvalue weighted by molar-refractivity contribution is 7.80. The van der Waals surface area contributed by atoms with Crippen molar-refractivity contribution in [2.24, 2.45) is 11.0 Å². The molecule has 0 radical (unpaired) electrons. The zero-order valence-corrected chi connectivity index (χ0v) is 11.1. The van der Waals surface area contributed by atoms with Crippen molar-refractivity contribution in [3.63, 3.8) is 0 Å². The maximum atomic E-state index is 6.88. The molecule has 0 unspecified atom stereocenters. The van der Waals surface area contributed by atoms with E-state index in [9.17, 15) is 0 Å². The first-order chi connectivity index (χ1) is 8.17. The van der Waals surface area contributed by atoms with E-state index in [2.05, 4.69) is 5.22 Å². The number of nitrogens with zero attached hydrogens (tertiary/aromatic N) is 2. The number of ether oxygens (including phenoxy) is 1. The second-order valence-corrected chi connectivity index (χ2v) is 3.26. The van der Waals surface area contributed by atoms with Crippen molar-refractivity contribution in [3.05, 3.63) is 29.8 Å². The fraction of sp³-hybridized carbons (Fsp3) is 0.364. The van der Waals surface area contributed by atoms with E-state index in [1.54, 1.807) is 7.11 Å². The summed E-state index contributed by atoms with van der Waals surface area (Å²) in [5.74, 6) is 0.781. The van der Waals surface area contributed by atoms with Gasteiger partial charge in [-0.1, -0.05) is 31.2 Å². The standard InChI is InChI=1S/C9H12N4OS.C2H6/c1-14-8-4-2-7(3-5-8)6-13(12-11)9(10)15;1-2/h2-5,11H,6H2,1H3,(H2,10,15);1-2H3. The van der Waals surface area contributed by atoms with Gasteiger partial charge in [0, 0.05) is 0 Å². The molecule has 1 aromatic carbocycles. The van der Waals surface area contributed by atoms with E-state index in [4.69, 9.17) is 28.2 Å². The van der Waals surface area contributed by atoms with Gasteiger partial charge in [-0.2, -0.15) is 5.53 Å². The fourth-order valence-electron chi connectivity index (χ4n) is 1.07. The Kier molecular flexibility index (Phi) is 7.62. The second kappa shape index (κ2) is 8.46. The van der Waals surface area contributed by atoms with Gasteiger partial charge in [0.25, 0.3) is 0 Å². The average molecular weight is 254 g/mol. The molecule has 6 heteroatoms. The number of thiocarbonyl (C=S) groups is 1. The van der Waals surface area contributed by atoms with Crippen molar-refractivity contribution in [3.8, 4) is 5.75 Å². The molecule has 1 aromatic rings. The molecule has 0 saturated heterocycles. The molecular weight excluding hydrogens is 236 g/mol. The van der Waals surface area contributed by atoms with Gasteiger partial charge in [-0.05, 0) is 29.9 Å². The van der Waals surface area contributed by atoms with E-state index in [0.29, 0.717) is 6.54 Å². The van der Waals surface area contributed by atoms with Crippen LogP contribution >= 0.6 is 12.2 Å². The normalized spacial score (nSPS) is 8.65. The van der Waals surface area contributed by atoms with E-state index >= 15 is 0 Å². The Balaban J connectivity index is 0.00000121. The van der Waals surface area contributed by atoms with Gasteiger partial charge in [-0.3, -0.25) is 0 Å². The maximum absolute atomic E-state index is 6.88. The lowest BCUT2D eigenvalue weighted by Gasteiger charge is -2.14. The largest absolute Gasteiger partial charge is 0.497 e. The monoisotopic (exact) mass is 254 g/mol. The minimum absolute atomic E-state index is 0.0841. The topological polar surface area (TPSA) is 74.7 Å². The molecule has 0 spiro atoms.